The highest BCUT2D eigenvalue weighted by molar-refractivity contribution is 5.78. The molecule has 0 bridgehead atoms. The number of hydrogen-bond donors (Lipinski definition) is 2. The lowest BCUT2D eigenvalue weighted by molar-refractivity contribution is -0.125. The highest BCUT2D eigenvalue weighted by atomic mass is 16.1. The van der Waals surface area contributed by atoms with E-state index in [1.165, 1.54) is 32.1 Å². The first-order valence-corrected chi connectivity index (χ1v) is 7.72. The van der Waals surface area contributed by atoms with Crippen LogP contribution in [0.2, 0.25) is 0 Å². The van der Waals surface area contributed by atoms with Crippen molar-refractivity contribution in [2.45, 2.75) is 58.8 Å². The van der Waals surface area contributed by atoms with Gasteiger partial charge in [-0.1, -0.05) is 46.0 Å². The van der Waals surface area contributed by atoms with Crippen molar-refractivity contribution in [3.05, 3.63) is 0 Å². The molecule has 0 aromatic rings. The zero-order valence-electron chi connectivity index (χ0n) is 12.1. The van der Waals surface area contributed by atoms with Crippen LogP contribution in [0.15, 0.2) is 0 Å². The van der Waals surface area contributed by atoms with E-state index < -0.39 is 0 Å². The van der Waals surface area contributed by atoms with Gasteiger partial charge in [-0.05, 0) is 25.3 Å². The fourth-order valence-electron chi connectivity index (χ4n) is 2.78. The Balaban J connectivity index is 2.08. The van der Waals surface area contributed by atoms with Gasteiger partial charge in [0.2, 0.25) is 5.91 Å². The summed E-state index contributed by atoms with van der Waals surface area (Å²) >= 11 is 0. The fraction of sp³-hybridized carbons (Fsp3) is 0.933. The minimum atomic E-state index is 0.180. The molecule has 0 saturated heterocycles. The molecule has 1 unspecified atom stereocenters. The Bertz CT molecular complexity index is 225. The number of rotatable bonds is 8. The first-order chi connectivity index (χ1) is 8.74. The standard InChI is InChI=1S/C15H30N2O/c1-3-9-16-10-11-17-15(18)13(2)12-14-7-5-4-6-8-14/h13-14,16H,3-12H2,1-2H3,(H,17,18). The highest BCUT2D eigenvalue weighted by Gasteiger charge is 2.20. The predicted molar refractivity (Wildman–Crippen MR) is 76.5 cm³/mol. The lowest BCUT2D eigenvalue weighted by Crippen LogP contribution is -2.35. The maximum atomic E-state index is 11.9. The summed E-state index contributed by atoms with van der Waals surface area (Å²) in [6, 6.07) is 0. The molecule has 0 aromatic carbocycles. The van der Waals surface area contributed by atoms with E-state index in [-0.39, 0.29) is 11.8 Å². The summed E-state index contributed by atoms with van der Waals surface area (Å²) in [5.41, 5.74) is 0. The molecule has 0 aromatic heterocycles. The van der Waals surface area contributed by atoms with Crippen molar-refractivity contribution >= 4 is 5.91 Å². The molecule has 1 atom stereocenters. The van der Waals surface area contributed by atoms with Crippen LogP contribution in [0.5, 0.6) is 0 Å². The summed E-state index contributed by atoms with van der Waals surface area (Å²) in [5, 5.41) is 6.33. The van der Waals surface area contributed by atoms with Crippen LogP contribution in [-0.2, 0) is 4.79 Å². The van der Waals surface area contributed by atoms with Gasteiger partial charge in [0, 0.05) is 19.0 Å². The van der Waals surface area contributed by atoms with Gasteiger partial charge in [-0.15, -0.1) is 0 Å². The molecule has 0 spiro atoms. The third-order valence-corrected chi connectivity index (χ3v) is 3.89. The van der Waals surface area contributed by atoms with Gasteiger partial charge in [-0.25, -0.2) is 0 Å². The second-order valence-corrected chi connectivity index (χ2v) is 5.68. The van der Waals surface area contributed by atoms with Crippen molar-refractivity contribution in [3.63, 3.8) is 0 Å². The van der Waals surface area contributed by atoms with Gasteiger partial charge < -0.3 is 10.6 Å². The topological polar surface area (TPSA) is 41.1 Å². The molecule has 0 radical (unpaired) electrons. The van der Waals surface area contributed by atoms with E-state index >= 15 is 0 Å². The van der Waals surface area contributed by atoms with Crippen molar-refractivity contribution < 1.29 is 4.79 Å². The van der Waals surface area contributed by atoms with Crippen molar-refractivity contribution in [2.75, 3.05) is 19.6 Å². The van der Waals surface area contributed by atoms with Gasteiger partial charge in [0.25, 0.3) is 0 Å². The average Bonchev–Trinajstić information content (AvgIpc) is 2.39. The number of nitrogens with one attached hydrogen (secondary N) is 2. The molecule has 0 heterocycles. The van der Waals surface area contributed by atoms with Crippen LogP contribution >= 0.6 is 0 Å². The van der Waals surface area contributed by atoms with Crippen molar-refractivity contribution in [3.8, 4) is 0 Å². The van der Waals surface area contributed by atoms with E-state index in [0.717, 1.165) is 38.4 Å². The zero-order valence-corrected chi connectivity index (χ0v) is 12.1. The molecule has 1 saturated carbocycles. The minimum absolute atomic E-state index is 0.180. The summed E-state index contributed by atoms with van der Waals surface area (Å²) in [5.74, 6) is 1.20. The normalized spacial score (nSPS) is 18.6. The first-order valence-electron chi connectivity index (χ1n) is 7.72. The van der Waals surface area contributed by atoms with E-state index in [9.17, 15) is 4.79 Å². The maximum Gasteiger partial charge on any atom is 0.222 e. The van der Waals surface area contributed by atoms with Crippen molar-refractivity contribution in [1.29, 1.82) is 0 Å². The summed E-state index contributed by atoms with van der Waals surface area (Å²) in [7, 11) is 0. The second-order valence-electron chi connectivity index (χ2n) is 5.68. The Morgan fingerprint density at radius 3 is 2.56 bits per heavy atom. The van der Waals surface area contributed by atoms with Crippen LogP contribution in [0.4, 0.5) is 0 Å². The second kappa shape index (κ2) is 9.37. The van der Waals surface area contributed by atoms with Crippen molar-refractivity contribution in [1.82, 2.24) is 10.6 Å². The minimum Gasteiger partial charge on any atom is -0.355 e. The van der Waals surface area contributed by atoms with Gasteiger partial charge in [-0.2, -0.15) is 0 Å². The van der Waals surface area contributed by atoms with E-state index in [1.54, 1.807) is 0 Å². The third kappa shape index (κ3) is 6.39. The Morgan fingerprint density at radius 2 is 1.89 bits per heavy atom. The SMILES string of the molecule is CCCNCCNC(=O)C(C)CC1CCCCC1. The van der Waals surface area contributed by atoms with Crippen LogP contribution < -0.4 is 10.6 Å². The molecule has 2 N–H and O–H groups in total. The molecule has 3 nitrogen and oxygen atoms in total. The number of amides is 1. The molecular weight excluding hydrogens is 224 g/mol. The molecule has 0 aliphatic heterocycles. The van der Waals surface area contributed by atoms with Crippen LogP contribution in [-0.4, -0.2) is 25.5 Å². The smallest absolute Gasteiger partial charge is 0.222 e. The van der Waals surface area contributed by atoms with E-state index in [1.807, 2.05) is 0 Å². The molecular formula is C15H30N2O. The van der Waals surface area contributed by atoms with E-state index in [4.69, 9.17) is 0 Å². The monoisotopic (exact) mass is 254 g/mol. The quantitative estimate of drug-likeness (QED) is 0.654. The van der Waals surface area contributed by atoms with Gasteiger partial charge in [0.05, 0.1) is 0 Å². The number of hydrogen-bond acceptors (Lipinski definition) is 2. The average molecular weight is 254 g/mol. The van der Waals surface area contributed by atoms with Gasteiger partial charge in [0.1, 0.15) is 0 Å². The maximum absolute atomic E-state index is 11.9. The van der Waals surface area contributed by atoms with Crippen LogP contribution in [0.3, 0.4) is 0 Å². The third-order valence-electron chi connectivity index (χ3n) is 3.89. The Kier molecular flexibility index (Phi) is 8.06. The molecule has 1 aliphatic carbocycles. The largest absolute Gasteiger partial charge is 0.355 e. The van der Waals surface area contributed by atoms with Gasteiger partial charge in [-0.3, -0.25) is 4.79 Å². The molecule has 18 heavy (non-hydrogen) atoms. The molecule has 106 valence electrons. The predicted octanol–water partition coefficient (Wildman–Crippen LogP) is 2.71. The first kappa shape index (κ1) is 15.5. The van der Waals surface area contributed by atoms with Crippen LogP contribution in [0.25, 0.3) is 0 Å². The Morgan fingerprint density at radius 1 is 1.17 bits per heavy atom. The van der Waals surface area contributed by atoms with Gasteiger partial charge in [0.15, 0.2) is 0 Å². The Labute approximate surface area is 112 Å². The number of carbonyl (C=O) groups excluding carboxylic acids is 1. The molecule has 1 rings (SSSR count). The van der Waals surface area contributed by atoms with E-state index in [2.05, 4.69) is 24.5 Å². The van der Waals surface area contributed by atoms with Crippen molar-refractivity contribution in [2.24, 2.45) is 11.8 Å². The summed E-state index contributed by atoms with van der Waals surface area (Å²) < 4.78 is 0. The van der Waals surface area contributed by atoms with Crippen LogP contribution in [0, 0.1) is 11.8 Å². The molecule has 1 aliphatic rings. The van der Waals surface area contributed by atoms with E-state index in [0.29, 0.717) is 0 Å². The summed E-state index contributed by atoms with van der Waals surface area (Å²) in [4.78, 5) is 11.9. The molecule has 1 fully saturated rings. The zero-order chi connectivity index (χ0) is 13.2. The summed E-state index contributed by atoms with van der Waals surface area (Å²) in [6.07, 6.45) is 8.99. The summed E-state index contributed by atoms with van der Waals surface area (Å²) in [6.45, 7) is 6.90. The lowest BCUT2D eigenvalue weighted by Gasteiger charge is -2.24. The highest BCUT2D eigenvalue weighted by Crippen LogP contribution is 2.28. The van der Waals surface area contributed by atoms with Crippen LogP contribution in [0.1, 0.15) is 58.8 Å². The molecule has 3 heteroatoms. The lowest BCUT2D eigenvalue weighted by atomic mass is 9.83. The Hall–Kier alpha value is -0.570. The van der Waals surface area contributed by atoms with Gasteiger partial charge >= 0.3 is 0 Å². The number of carbonyl (C=O) groups is 1. The molecule has 1 amide bonds. The fourth-order valence-corrected chi connectivity index (χ4v) is 2.78.